The first-order valence-electron chi connectivity index (χ1n) is 6.18. The van der Waals surface area contributed by atoms with Crippen LogP contribution < -0.4 is 10.1 Å². The van der Waals surface area contributed by atoms with Crippen molar-refractivity contribution in [1.82, 2.24) is 5.32 Å². The van der Waals surface area contributed by atoms with E-state index in [1.165, 1.54) is 0 Å². The SMILES string of the molecule is O=C(NCCOc1ccc(C2CO2)cc1)C(F)(F)S(=O)(=O)[O-]. The van der Waals surface area contributed by atoms with Gasteiger partial charge in [-0.05, 0) is 17.7 Å². The van der Waals surface area contributed by atoms with E-state index < -0.39 is 21.3 Å². The molecule has 2 rings (SSSR count). The zero-order valence-corrected chi connectivity index (χ0v) is 11.9. The number of rotatable bonds is 7. The van der Waals surface area contributed by atoms with E-state index in [0.29, 0.717) is 12.4 Å². The van der Waals surface area contributed by atoms with Gasteiger partial charge >= 0.3 is 11.2 Å². The molecule has 1 heterocycles. The first kappa shape index (κ1) is 16.6. The molecule has 122 valence electrons. The van der Waals surface area contributed by atoms with Crippen molar-refractivity contribution >= 4 is 16.0 Å². The minimum Gasteiger partial charge on any atom is -0.743 e. The number of benzene rings is 1. The minimum atomic E-state index is -6.05. The Morgan fingerprint density at radius 1 is 1.41 bits per heavy atom. The minimum absolute atomic E-state index is 0.101. The fourth-order valence-corrected chi connectivity index (χ4v) is 1.87. The van der Waals surface area contributed by atoms with Gasteiger partial charge < -0.3 is 19.3 Å². The summed E-state index contributed by atoms with van der Waals surface area (Å²) >= 11 is 0. The van der Waals surface area contributed by atoms with Crippen molar-refractivity contribution in [3.8, 4) is 5.75 Å². The molecule has 10 heteroatoms. The van der Waals surface area contributed by atoms with Crippen molar-refractivity contribution < 1.29 is 36.0 Å². The predicted molar refractivity (Wildman–Crippen MR) is 68.3 cm³/mol. The molecular weight excluding hydrogens is 324 g/mol. The highest BCUT2D eigenvalue weighted by molar-refractivity contribution is 7.87. The number of carbonyl (C=O) groups is 1. The fraction of sp³-hybridized carbons (Fsp3) is 0.417. The Kier molecular flexibility index (Phi) is 4.63. The van der Waals surface area contributed by atoms with E-state index in [-0.39, 0.29) is 19.3 Å². The number of hydrogen-bond donors (Lipinski definition) is 1. The number of nitrogens with one attached hydrogen (secondary N) is 1. The molecule has 1 atom stereocenters. The molecule has 0 aromatic heterocycles. The van der Waals surface area contributed by atoms with Crippen LogP contribution in [0, 0.1) is 0 Å². The van der Waals surface area contributed by atoms with Crippen molar-refractivity contribution in [3.63, 3.8) is 0 Å². The highest BCUT2D eigenvalue weighted by Crippen LogP contribution is 2.30. The molecule has 22 heavy (non-hydrogen) atoms. The number of ether oxygens (including phenoxy) is 2. The average molecular weight is 336 g/mol. The van der Waals surface area contributed by atoms with E-state index >= 15 is 0 Å². The van der Waals surface area contributed by atoms with Crippen LogP contribution in [0.25, 0.3) is 0 Å². The maximum absolute atomic E-state index is 12.8. The highest BCUT2D eigenvalue weighted by atomic mass is 32.2. The molecule has 0 radical (unpaired) electrons. The predicted octanol–water partition coefficient (Wildman–Crippen LogP) is 0.391. The van der Waals surface area contributed by atoms with E-state index in [1.807, 2.05) is 0 Å². The van der Waals surface area contributed by atoms with Gasteiger partial charge in [-0.3, -0.25) is 4.79 Å². The summed E-state index contributed by atoms with van der Waals surface area (Å²) in [5, 5.41) is -3.37. The van der Waals surface area contributed by atoms with Gasteiger partial charge in [-0.25, -0.2) is 8.42 Å². The van der Waals surface area contributed by atoms with Crippen LogP contribution in [0.1, 0.15) is 11.7 Å². The van der Waals surface area contributed by atoms with Crippen LogP contribution in [0.3, 0.4) is 0 Å². The molecule has 1 aromatic rings. The van der Waals surface area contributed by atoms with E-state index in [1.54, 1.807) is 29.6 Å². The van der Waals surface area contributed by atoms with Crippen molar-refractivity contribution in [2.24, 2.45) is 0 Å². The lowest BCUT2D eigenvalue weighted by Gasteiger charge is -2.18. The molecular formula is C12H12F2NO6S-. The van der Waals surface area contributed by atoms with Gasteiger partial charge in [-0.2, -0.15) is 8.78 Å². The van der Waals surface area contributed by atoms with E-state index in [4.69, 9.17) is 9.47 Å². The van der Waals surface area contributed by atoms with Crippen LogP contribution in [0.15, 0.2) is 24.3 Å². The van der Waals surface area contributed by atoms with Gasteiger partial charge in [0.25, 0.3) is 0 Å². The van der Waals surface area contributed by atoms with Crippen LogP contribution in [0.5, 0.6) is 5.75 Å². The quantitative estimate of drug-likeness (QED) is 0.438. The molecule has 1 aliphatic heterocycles. The second-order valence-corrected chi connectivity index (χ2v) is 5.89. The second kappa shape index (κ2) is 6.15. The highest BCUT2D eigenvalue weighted by Gasteiger charge is 2.46. The van der Waals surface area contributed by atoms with E-state index in [9.17, 15) is 26.5 Å². The van der Waals surface area contributed by atoms with Gasteiger partial charge in [0.15, 0.2) is 10.1 Å². The standard InChI is InChI=1S/C12H13F2NO6S/c13-12(14,22(17,18)19)11(16)15-5-6-20-9-3-1-8(2-4-9)10-7-21-10/h1-4,10H,5-7H2,(H,15,16)(H,17,18,19)/p-1. The van der Waals surface area contributed by atoms with Crippen LogP contribution in [-0.4, -0.2) is 43.9 Å². The van der Waals surface area contributed by atoms with Crippen LogP contribution in [-0.2, 0) is 19.6 Å². The summed E-state index contributed by atoms with van der Waals surface area (Å²) in [6.07, 6.45) is 0.101. The molecule has 7 nitrogen and oxygen atoms in total. The van der Waals surface area contributed by atoms with Gasteiger partial charge in [-0.15, -0.1) is 0 Å². The summed E-state index contributed by atoms with van der Waals surface area (Å²) in [5.74, 6) is -1.73. The molecule has 0 saturated carbocycles. The number of alkyl halides is 2. The Hall–Kier alpha value is -1.78. The number of epoxide rings is 1. The Bertz CT molecular complexity index is 642. The van der Waals surface area contributed by atoms with E-state index in [2.05, 4.69) is 0 Å². The molecule has 1 saturated heterocycles. The third-order valence-electron chi connectivity index (χ3n) is 2.82. The molecule has 0 bridgehead atoms. The molecule has 1 fully saturated rings. The Labute approximate surface area is 125 Å². The van der Waals surface area contributed by atoms with Crippen molar-refractivity contribution in [1.29, 1.82) is 0 Å². The lowest BCUT2D eigenvalue weighted by Crippen LogP contribution is -2.46. The van der Waals surface area contributed by atoms with Crippen LogP contribution in [0.4, 0.5) is 8.78 Å². The molecule has 1 N–H and O–H groups in total. The average Bonchev–Trinajstić information content (AvgIpc) is 3.27. The summed E-state index contributed by atoms with van der Waals surface area (Å²) in [6.45, 7) is 0.125. The van der Waals surface area contributed by atoms with Gasteiger partial charge in [0.2, 0.25) is 0 Å². The zero-order valence-electron chi connectivity index (χ0n) is 11.1. The monoisotopic (exact) mass is 336 g/mol. The van der Waals surface area contributed by atoms with Crippen molar-refractivity contribution in [3.05, 3.63) is 29.8 Å². The maximum Gasteiger partial charge on any atom is 0.410 e. The summed E-state index contributed by atoms with van der Waals surface area (Å²) in [5.41, 5.74) is 0.987. The number of halogens is 2. The van der Waals surface area contributed by atoms with Crippen molar-refractivity contribution in [2.45, 2.75) is 11.4 Å². The molecule has 1 aliphatic rings. The molecule has 1 aromatic carbocycles. The Morgan fingerprint density at radius 3 is 2.50 bits per heavy atom. The van der Waals surface area contributed by atoms with Crippen LogP contribution in [0.2, 0.25) is 0 Å². The van der Waals surface area contributed by atoms with Crippen LogP contribution >= 0.6 is 0 Å². The summed E-state index contributed by atoms with van der Waals surface area (Å²) < 4.78 is 66.6. The van der Waals surface area contributed by atoms with Gasteiger partial charge in [0.05, 0.1) is 13.2 Å². The largest absolute Gasteiger partial charge is 0.743 e. The fourth-order valence-electron chi connectivity index (χ4n) is 1.57. The Morgan fingerprint density at radius 2 is 2.00 bits per heavy atom. The third-order valence-corrected chi connectivity index (χ3v) is 3.63. The molecule has 1 amide bonds. The molecule has 1 unspecified atom stereocenters. The first-order valence-corrected chi connectivity index (χ1v) is 7.58. The molecule has 0 aliphatic carbocycles. The van der Waals surface area contributed by atoms with Crippen molar-refractivity contribution in [2.75, 3.05) is 19.8 Å². The number of hydrogen-bond acceptors (Lipinski definition) is 6. The summed E-state index contributed by atoms with van der Waals surface area (Å²) in [7, 11) is -6.05. The zero-order chi connectivity index (χ0) is 16.4. The lowest BCUT2D eigenvalue weighted by molar-refractivity contribution is -0.136. The maximum atomic E-state index is 12.8. The topological polar surface area (TPSA) is 108 Å². The van der Waals surface area contributed by atoms with Gasteiger partial charge in [-0.1, -0.05) is 12.1 Å². The second-order valence-electron chi connectivity index (χ2n) is 4.47. The number of carbonyl (C=O) groups excluding carboxylic acids is 1. The van der Waals surface area contributed by atoms with Gasteiger partial charge in [0, 0.05) is 0 Å². The summed E-state index contributed by atoms with van der Waals surface area (Å²) in [4.78, 5) is 10.9. The Balaban J connectivity index is 1.76. The number of amides is 1. The van der Waals surface area contributed by atoms with Gasteiger partial charge in [0.1, 0.15) is 18.5 Å². The lowest BCUT2D eigenvalue weighted by atomic mass is 10.2. The normalized spacial score (nSPS) is 17.9. The third kappa shape index (κ3) is 3.90. The summed E-state index contributed by atoms with van der Waals surface area (Å²) in [6, 6.07) is 6.86. The molecule has 0 spiro atoms. The van der Waals surface area contributed by atoms with E-state index in [0.717, 1.165) is 5.56 Å². The smallest absolute Gasteiger partial charge is 0.410 e. The first-order chi connectivity index (χ1) is 10.2.